The number of hydrogen-bond acceptors (Lipinski definition) is 5. The molecular weight excluding hydrogens is 387 g/mol. The summed E-state index contributed by atoms with van der Waals surface area (Å²) >= 11 is 0. The maximum absolute atomic E-state index is 13.1. The van der Waals surface area contributed by atoms with E-state index in [2.05, 4.69) is 10.3 Å². The van der Waals surface area contributed by atoms with E-state index in [-0.39, 0.29) is 24.8 Å². The molecule has 0 radical (unpaired) electrons. The molecule has 0 saturated heterocycles. The summed E-state index contributed by atoms with van der Waals surface area (Å²) in [4.78, 5) is 28.1. The van der Waals surface area contributed by atoms with E-state index in [4.69, 9.17) is 9.47 Å². The molecule has 0 amide bonds. The second-order valence-corrected chi connectivity index (χ2v) is 6.98. The zero-order valence-corrected chi connectivity index (χ0v) is 16.4. The van der Waals surface area contributed by atoms with Crippen LogP contribution in [0.25, 0.3) is 16.5 Å². The minimum atomic E-state index is -0.533. The van der Waals surface area contributed by atoms with Gasteiger partial charge in [-0.25, -0.2) is 14.0 Å². The average molecular weight is 408 g/mol. The van der Waals surface area contributed by atoms with Crippen molar-refractivity contribution >= 4 is 28.4 Å². The lowest BCUT2D eigenvalue weighted by Crippen LogP contribution is -2.32. The van der Waals surface area contributed by atoms with E-state index in [1.807, 2.05) is 24.3 Å². The summed E-state index contributed by atoms with van der Waals surface area (Å²) in [6.07, 6.45) is 2.14. The standard InChI is InChI=1S/C23H21FN2O4/c1-2-29-23(28)19-12-25-16(13-30-22(27)14-7-9-15(24)10-8-14)11-18-17-5-3-4-6-20(17)26-21(18)19/h3-10,12,16,25-26H,2,11,13H2,1H3. The Bertz CT molecular complexity index is 1120. The van der Waals surface area contributed by atoms with Crippen LogP contribution in [0, 0.1) is 5.82 Å². The number of fused-ring (bicyclic) bond motifs is 3. The van der Waals surface area contributed by atoms with E-state index in [9.17, 15) is 14.0 Å². The number of hydrogen-bond donors (Lipinski definition) is 2. The zero-order valence-electron chi connectivity index (χ0n) is 16.4. The van der Waals surface area contributed by atoms with Crippen molar-refractivity contribution in [1.29, 1.82) is 0 Å². The molecule has 6 nitrogen and oxygen atoms in total. The first-order chi connectivity index (χ1) is 14.6. The van der Waals surface area contributed by atoms with Gasteiger partial charge in [-0.3, -0.25) is 0 Å². The van der Waals surface area contributed by atoms with E-state index in [1.165, 1.54) is 24.3 Å². The minimum absolute atomic E-state index is 0.0851. The van der Waals surface area contributed by atoms with Crippen LogP contribution in [0.4, 0.5) is 4.39 Å². The number of para-hydroxylation sites is 1. The highest BCUT2D eigenvalue weighted by Crippen LogP contribution is 2.31. The van der Waals surface area contributed by atoms with Crippen molar-refractivity contribution in [2.24, 2.45) is 0 Å². The molecule has 2 N–H and O–H groups in total. The van der Waals surface area contributed by atoms with Gasteiger partial charge in [-0.05, 0) is 49.2 Å². The van der Waals surface area contributed by atoms with Gasteiger partial charge in [0.05, 0.1) is 29.5 Å². The van der Waals surface area contributed by atoms with Crippen LogP contribution in [0.5, 0.6) is 0 Å². The highest BCUT2D eigenvalue weighted by molar-refractivity contribution is 6.17. The number of carbonyl (C=O) groups is 2. The van der Waals surface area contributed by atoms with Crippen molar-refractivity contribution in [3.05, 3.63) is 77.4 Å². The molecule has 0 aliphatic carbocycles. The van der Waals surface area contributed by atoms with Gasteiger partial charge in [-0.15, -0.1) is 0 Å². The van der Waals surface area contributed by atoms with Crippen molar-refractivity contribution in [2.75, 3.05) is 13.2 Å². The summed E-state index contributed by atoms with van der Waals surface area (Å²) in [5.74, 6) is -1.38. The third-order valence-electron chi connectivity index (χ3n) is 4.99. The topological polar surface area (TPSA) is 80.4 Å². The van der Waals surface area contributed by atoms with Crippen LogP contribution in [0.2, 0.25) is 0 Å². The second kappa shape index (κ2) is 8.41. The largest absolute Gasteiger partial charge is 0.462 e. The number of rotatable bonds is 5. The van der Waals surface area contributed by atoms with E-state index < -0.39 is 17.8 Å². The van der Waals surface area contributed by atoms with Gasteiger partial charge in [0.1, 0.15) is 12.4 Å². The third kappa shape index (κ3) is 3.91. The molecule has 1 atom stereocenters. The first-order valence-electron chi connectivity index (χ1n) is 9.72. The van der Waals surface area contributed by atoms with Crippen LogP contribution >= 0.6 is 0 Å². The number of aromatic nitrogens is 1. The van der Waals surface area contributed by atoms with Crippen LogP contribution < -0.4 is 5.32 Å². The Hall–Kier alpha value is -3.61. The molecule has 0 saturated carbocycles. The summed E-state index contributed by atoms with van der Waals surface area (Å²) in [5, 5.41) is 4.17. The lowest BCUT2D eigenvalue weighted by Gasteiger charge is -2.16. The Morgan fingerprint density at radius 3 is 2.60 bits per heavy atom. The fourth-order valence-electron chi connectivity index (χ4n) is 3.54. The van der Waals surface area contributed by atoms with Gasteiger partial charge in [0.25, 0.3) is 0 Å². The summed E-state index contributed by atoms with van der Waals surface area (Å²) < 4.78 is 23.7. The fourth-order valence-corrected chi connectivity index (χ4v) is 3.54. The van der Waals surface area contributed by atoms with Crippen LogP contribution in [0.1, 0.15) is 28.5 Å². The number of H-pyrrole nitrogens is 1. The Labute approximate surface area is 172 Å². The predicted molar refractivity (Wildman–Crippen MR) is 110 cm³/mol. The lowest BCUT2D eigenvalue weighted by molar-refractivity contribution is -0.136. The molecule has 0 spiro atoms. The highest BCUT2D eigenvalue weighted by Gasteiger charge is 2.27. The molecule has 2 heterocycles. The first kappa shape index (κ1) is 19.7. The van der Waals surface area contributed by atoms with Gasteiger partial charge in [0, 0.05) is 17.1 Å². The molecule has 1 aromatic heterocycles. The Morgan fingerprint density at radius 1 is 1.07 bits per heavy atom. The van der Waals surface area contributed by atoms with Gasteiger partial charge in [0.2, 0.25) is 0 Å². The number of ether oxygens (including phenoxy) is 2. The summed E-state index contributed by atoms with van der Waals surface area (Å²) in [7, 11) is 0. The number of carbonyl (C=O) groups excluding carboxylic acids is 2. The maximum atomic E-state index is 13.1. The second-order valence-electron chi connectivity index (χ2n) is 6.98. The van der Waals surface area contributed by atoms with Gasteiger partial charge in [-0.1, -0.05) is 18.2 Å². The summed E-state index contributed by atoms with van der Waals surface area (Å²) in [6, 6.07) is 12.7. The van der Waals surface area contributed by atoms with E-state index in [0.29, 0.717) is 17.7 Å². The lowest BCUT2D eigenvalue weighted by atomic mass is 10.0. The SMILES string of the molecule is CCOC(=O)C1=CNC(COC(=O)c2ccc(F)cc2)Cc2c1[nH]c1ccccc21. The van der Waals surface area contributed by atoms with Crippen molar-refractivity contribution in [3.63, 3.8) is 0 Å². The van der Waals surface area contributed by atoms with E-state index in [0.717, 1.165) is 16.5 Å². The molecule has 1 aliphatic rings. The molecule has 1 unspecified atom stereocenters. The van der Waals surface area contributed by atoms with Crippen molar-refractivity contribution in [2.45, 2.75) is 19.4 Å². The van der Waals surface area contributed by atoms with Gasteiger partial charge in [-0.2, -0.15) is 0 Å². The summed E-state index contributed by atoms with van der Waals surface area (Å²) in [5.41, 5.74) is 3.25. The zero-order chi connectivity index (χ0) is 21.1. The molecule has 30 heavy (non-hydrogen) atoms. The monoisotopic (exact) mass is 408 g/mol. The smallest absolute Gasteiger partial charge is 0.341 e. The molecule has 154 valence electrons. The van der Waals surface area contributed by atoms with Crippen LogP contribution in [-0.4, -0.2) is 36.2 Å². The number of esters is 2. The van der Waals surface area contributed by atoms with E-state index >= 15 is 0 Å². The third-order valence-corrected chi connectivity index (χ3v) is 4.99. The van der Waals surface area contributed by atoms with Crippen LogP contribution in [0.15, 0.2) is 54.7 Å². The van der Waals surface area contributed by atoms with Crippen LogP contribution in [0.3, 0.4) is 0 Å². The van der Waals surface area contributed by atoms with Crippen LogP contribution in [-0.2, 0) is 20.7 Å². The number of aromatic amines is 1. The van der Waals surface area contributed by atoms with Crippen molar-refractivity contribution in [3.8, 4) is 0 Å². The number of nitrogens with one attached hydrogen (secondary N) is 2. The number of halogens is 1. The number of benzene rings is 2. The molecule has 0 fully saturated rings. The average Bonchev–Trinajstić information content (AvgIpc) is 3.00. The first-order valence-corrected chi connectivity index (χ1v) is 9.72. The Morgan fingerprint density at radius 2 is 1.83 bits per heavy atom. The molecule has 0 bridgehead atoms. The normalized spacial score (nSPS) is 15.5. The fraction of sp³-hybridized carbons (Fsp3) is 0.217. The van der Waals surface area contributed by atoms with Gasteiger partial charge < -0.3 is 19.8 Å². The quantitative estimate of drug-likeness (QED) is 0.631. The van der Waals surface area contributed by atoms with Gasteiger partial charge in [0.15, 0.2) is 0 Å². The molecule has 2 aromatic carbocycles. The molecular formula is C23H21FN2O4. The molecule has 4 rings (SSSR count). The Balaban J connectivity index is 1.58. The van der Waals surface area contributed by atoms with Crippen molar-refractivity contribution in [1.82, 2.24) is 10.3 Å². The Kier molecular flexibility index (Phi) is 5.52. The van der Waals surface area contributed by atoms with Crippen molar-refractivity contribution < 1.29 is 23.5 Å². The highest BCUT2D eigenvalue weighted by atomic mass is 19.1. The van der Waals surface area contributed by atoms with E-state index in [1.54, 1.807) is 13.1 Å². The molecule has 3 aromatic rings. The maximum Gasteiger partial charge on any atom is 0.341 e. The molecule has 1 aliphatic heterocycles. The molecule has 7 heteroatoms. The predicted octanol–water partition coefficient (Wildman–Crippen LogP) is 3.58. The summed E-state index contributed by atoms with van der Waals surface area (Å²) in [6.45, 7) is 2.11. The minimum Gasteiger partial charge on any atom is -0.462 e. The van der Waals surface area contributed by atoms with Gasteiger partial charge >= 0.3 is 11.9 Å².